The van der Waals surface area contributed by atoms with E-state index in [1.807, 2.05) is 4.90 Å². The number of carbonyl (C=O) groups is 1. The molecule has 18 heavy (non-hydrogen) atoms. The Kier molecular flexibility index (Phi) is 7.91. The number of carboxylic acids is 1. The van der Waals surface area contributed by atoms with E-state index in [0.29, 0.717) is 0 Å². The molecule has 0 atom stereocenters. The molecule has 6 heteroatoms. The average Bonchev–Trinajstić information content (AvgIpc) is 2.35. The molecule has 0 saturated carbocycles. The number of rotatable bonds is 9. The molecule has 1 saturated heterocycles. The first-order chi connectivity index (χ1) is 8.72. The maximum Gasteiger partial charge on any atom is 0.317 e. The Labute approximate surface area is 108 Å². The highest BCUT2D eigenvalue weighted by atomic mass is 16.5. The van der Waals surface area contributed by atoms with Crippen molar-refractivity contribution in [2.75, 3.05) is 66.2 Å². The summed E-state index contributed by atoms with van der Waals surface area (Å²) < 4.78 is 10.4. The molecule has 1 fully saturated rings. The van der Waals surface area contributed by atoms with Crippen LogP contribution in [0.4, 0.5) is 0 Å². The van der Waals surface area contributed by atoms with Gasteiger partial charge in [-0.05, 0) is 6.42 Å². The van der Waals surface area contributed by atoms with Crippen LogP contribution in [0, 0.1) is 0 Å². The first-order valence-electron chi connectivity index (χ1n) is 6.45. The summed E-state index contributed by atoms with van der Waals surface area (Å²) in [6, 6.07) is 0. The van der Waals surface area contributed by atoms with Crippen LogP contribution in [0.25, 0.3) is 0 Å². The standard InChI is InChI=1S/C12H24N2O4/c1-17-8-2-9-18-10-7-13-3-5-14(6-4-13)11-12(15)16/h2-11H2,1H3,(H,15,16). The summed E-state index contributed by atoms with van der Waals surface area (Å²) in [7, 11) is 1.69. The van der Waals surface area contributed by atoms with E-state index in [0.717, 1.165) is 59.0 Å². The molecule has 0 aromatic rings. The van der Waals surface area contributed by atoms with E-state index in [-0.39, 0.29) is 6.54 Å². The number of hydrogen-bond acceptors (Lipinski definition) is 5. The largest absolute Gasteiger partial charge is 0.480 e. The number of piperazine rings is 1. The second-order valence-electron chi connectivity index (χ2n) is 4.47. The smallest absolute Gasteiger partial charge is 0.317 e. The van der Waals surface area contributed by atoms with E-state index in [9.17, 15) is 4.79 Å². The van der Waals surface area contributed by atoms with Crippen LogP contribution in [0.1, 0.15) is 6.42 Å². The van der Waals surface area contributed by atoms with Gasteiger partial charge in [0.05, 0.1) is 13.2 Å². The number of aliphatic carboxylic acids is 1. The fourth-order valence-corrected chi connectivity index (χ4v) is 1.96. The highest BCUT2D eigenvalue weighted by molar-refractivity contribution is 5.69. The number of ether oxygens (including phenoxy) is 2. The van der Waals surface area contributed by atoms with Gasteiger partial charge in [0.2, 0.25) is 0 Å². The van der Waals surface area contributed by atoms with E-state index in [4.69, 9.17) is 14.6 Å². The average molecular weight is 260 g/mol. The molecule has 0 aliphatic carbocycles. The van der Waals surface area contributed by atoms with Crippen molar-refractivity contribution in [2.24, 2.45) is 0 Å². The van der Waals surface area contributed by atoms with E-state index >= 15 is 0 Å². The lowest BCUT2D eigenvalue weighted by atomic mass is 10.3. The molecule has 0 bridgehead atoms. The van der Waals surface area contributed by atoms with Crippen LogP contribution in [0.15, 0.2) is 0 Å². The topological polar surface area (TPSA) is 62.2 Å². The minimum absolute atomic E-state index is 0.154. The third kappa shape index (κ3) is 6.90. The number of hydrogen-bond donors (Lipinski definition) is 1. The molecule has 1 aliphatic rings. The zero-order chi connectivity index (χ0) is 13.2. The Bertz CT molecular complexity index is 230. The predicted molar refractivity (Wildman–Crippen MR) is 67.8 cm³/mol. The van der Waals surface area contributed by atoms with Crippen LogP contribution in [0.5, 0.6) is 0 Å². The minimum Gasteiger partial charge on any atom is -0.480 e. The molecular formula is C12H24N2O4. The van der Waals surface area contributed by atoms with Crippen molar-refractivity contribution in [3.63, 3.8) is 0 Å². The predicted octanol–water partition coefficient (Wildman–Crippen LogP) is -0.258. The molecule has 0 spiro atoms. The van der Waals surface area contributed by atoms with Gasteiger partial charge in [0, 0.05) is 53.0 Å². The fourth-order valence-electron chi connectivity index (χ4n) is 1.96. The van der Waals surface area contributed by atoms with Gasteiger partial charge < -0.3 is 14.6 Å². The molecule has 0 radical (unpaired) electrons. The van der Waals surface area contributed by atoms with E-state index in [1.165, 1.54) is 0 Å². The summed E-state index contributed by atoms with van der Waals surface area (Å²) in [5.74, 6) is -0.745. The lowest BCUT2D eigenvalue weighted by Crippen LogP contribution is -2.48. The zero-order valence-corrected chi connectivity index (χ0v) is 11.1. The Balaban J connectivity index is 1.97. The van der Waals surface area contributed by atoms with Crippen molar-refractivity contribution < 1.29 is 19.4 Å². The molecule has 6 nitrogen and oxygen atoms in total. The van der Waals surface area contributed by atoms with Crippen LogP contribution in [0.2, 0.25) is 0 Å². The third-order valence-electron chi connectivity index (χ3n) is 3.01. The molecular weight excluding hydrogens is 236 g/mol. The van der Waals surface area contributed by atoms with Gasteiger partial charge in [-0.1, -0.05) is 0 Å². The lowest BCUT2D eigenvalue weighted by Gasteiger charge is -2.33. The quantitative estimate of drug-likeness (QED) is 0.576. The molecule has 1 N–H and O–H groups in total. The fraction of sp³-hybridized carbons (Fsp3) is 0.917. The second kappa shape index (κ2) is 9.27. The maximum absolute atomic E-state index is 10.6. The van der Waals surface area contributed by atoms with Crippen LogP contribution < -0.4 is 0 Å². The number of nitrogens with zero attached hydrogens (tertiary/aromatic N) is 2. The Morgan fingerprint density at radius 2 is 1.78 bits per heavy atom. The highest BCUT2D eigenvalue weighted by Crippen LogP contribution is 2.01. The summed E-state index contributed by atoms with van der Waals surface area (Å²) in [5, 5.41) is 8.69. The SMILES string of the molecule is COCCCOCCN1CCN(CC(=O)O)CC1. The van der Waals surface area contributed by atoms with Gasteiger partial charge in [-0.25, -0.2) is 0 Å². The first-order valence-corrected chi connectivity index (χ1v) is 6.45. The van der Waals surface area contributed by atoms with Gasteiger partial charge in [0.15, 0.2) is 0 Å². The third-order valence-corrected chi connectivity index (χ3v) is 3.01. The summed E-state index contributed by atoms with van der Waals surface area (Å²) >= 11 is 0. The van der Waals surface area contributed by atoms with E-state index in [1.54, 1.807) is 7.11 Å². The molecule has 0 amide bonds. The van der Waals surface area contributed by atoms with Crippen molar-refractivity contribution >= 4 is 5.97 Å². The van der Waals surface area contributed by atoms with Crippen LogP contribution in [0.3, 0.4) is 0 Å². The summed E-state index contributed by atoms with van der Waals surface area (Å²) in [6.45, 7) is 6.81. The van der Waals surface area contributed by atoms with Crippen molar-refractivity contribution in [2.45, 2.75) is 6.42 Å². The van der Waals surface area contributed by atoms with E-state index in [2.05, 4.69) is 4.90 Å². The van der Waals surface area contributed by atoms with Gasteiger partial charge >= 0.3 is 5.97 Å². The molecule has 0 unspecified atom stereocenters. The van der Waals surface area contributed by atoms with Crippen LogP contribution in [-0.2, 0) is 14.3 Å². The molecule has 1 rings (SSSR count). The summed E-state index contributed by atoms with van der Waals surface area (Å²) in [4.78, 5) is 14.8. The number of carboxylic acid groups (broad SMARTS) is 1. The first kappa shape index (κ1) is 15.4. The van der Waals surface area contributed by atoms with Crippen molar-refractivity contribution in [3.8, 4) is 0 Å². The van der Waals surface area contributed by atoms with Crippen LogP contribution in [-0.4, -0.2) is 87.1 Å². The Morgan fingerprint density at radius 1 is 1.11 bits per heavy atom. The maximum atomic E-state index is 10.6. The zero-order valence-electron chi connectivity index (χ0n) is 11.1. The second-order valence-corrected chi connectivity index (χ2v) is 4.47. The molecule has 0 aromatic carbocycles. The molecule has 1 aliphatic heterocycles. The minimum atomic E-state index is -0.745. The molecule has 0 aromatic heterocycles. The monoisotopic (exact) mass is 260 g/mol. The van der Waals surface area contributed by atoms with Crippen LogP contribution >= 0.6 is 0 Å². The Morgan fingerprint density at radius 3 is 2.39 bits per heavy atom. The van der Waals surface area contributed by atoms with Gasteiger partial charge in [0.25, 0.3) is 0 Å². The summed E-state index contributed by atoms with van der Waals surface area (Å²) in [6.07, 6.45) is 0.933. The van der Waals surface area contributed by atoms with Gasteiger partial charge in [-0.3, -0.25) is 14.6 Å². The van der Waals surface area contributed by atoms with Crippen molar-refractivity contribution in [1.82, 2.24) is 9.80 Å². The Hall–Kier alpha value is -0.690. The normalized spacial score (nSPS) is 18.1. The summed E-state index contributed by atoms with van der Waals surface area (Å²) in [5.41, 5.74) is 0. The van der Waals surface area contributed by atoms with Crippen molar-refractivity contribution in [3.05, 3.63) is 0 Å². The van der Waals surface area contributed by atoms with Gasteiger partial charge in [0.1, 0.15) is 0 Å². The highest BCUT2D eigenvalue weighted by Gasteiger charge is 2.17. The molecule has 106 valence electrons. The lowest BCUT2D eigenvalue weighted by molar-refractivity contribution is -0.138. The van der Waals surface area contributed by atoms with E-state index < -0.39 is 5.97 Å². The number of methoxy groups -OCH3 is 1. The molecule has 1 heterocycles. The van der Waals surface area contributed by atoms with Gasteiger partial charge in [-0.15, -0.1) is 0 Å². The van der Waals surface area contributed by atoms with Gasteiger partial charge in [-0.2, -0.15) is 0 Å². The van der Waals surface area contributed by atoms with Crippen molar-refractivity contribution in [1.29, 1.82) is 0 Å².